The van der Waals surface area contributed by atoms with Crippen molar-refractivity contribution in [2.75, 3.05) is 14.2 Å². The molecule has 1 aliphatic heterocycles. The first kappa shape index (κ1) is 23.6. The lowest BCUT2D eigenvalue weighted by atomic mass is 9.71. The third-order valence-corrected chi connectivity index (χ3v) is 6.41. The van der Waals surface area contributed by atoms with Gasteiger partial charge in [-0.25, -0.2) is 4.79 Å². The Labute approximate surface area is 200 Å². The molecular formula is C28H31NO5. The minimum Gasteiger partial charge on any atom is -0.497 e. The average Bonchev–Trinajstić information content (AvgIpc) is 2.82. The molecule has 1 heterocycles. The van der Waals surface area contributed by atoms with Gasteiger partial charge in [-0.2, -0.15) is 0 Å². The fourth-order valence-corrected chi connectivity index (χ4v) is 4.92. The number of carbonyl (C=O) groups is 2. The number of ether oxygens (including phenoxy) is 3. The van der Waals surface area contributed by atoms with E-state index in [1.165, 1.54) is 0 Å². The number of ketones is 1. The summed E-state index contributed by atoms with van der Waals surface area (Å²) in [6.07, 6.45) is 0.778. The van der Waals surface area contributed by atoms with E-state index in [2.05, 4.69) is 17.4 Å². The van der Waals surface area contributed by atoms with Gasteiger partial charge >= 0.3 is 5.97 Å². The second-order valence-electron chi connectivity index (χ2n) is 8.99. The Morgan fingerprint density at radius 1 is 1.03 bits per heavy atom. The van der Waals surface area contributed by atoms with E-state index in [-0.39, 0.29) is 17.8 Å². The fourth-order valence-electron chi connectivity index (χ4n) is 4.92. The molecule has 0 bridgehead atoms. The maximum atomic E-state index is 13.7. The number of benzene rings is 2. The van der Waals surface area contributed by atoms with Gasteiger partial charge in [0.15, 0.2) is 5.78 Å². The number of esters is 1. The Morgan fingerprint density at radius 2 is 1.76 bits per heavy atom. The van der Waals surface area contributed by atoms with Crippen molar-refractivity contribution < 1.29 is 23.8 Å². The van der Waals surface area contributed by atoms with Crippen LogP contribution in [0.15, 0.2) is 71.1 Å². The highest BCUT2D eigenvalue weighted by Crippen LogP contribution is 2.48. The predicted octanol–water partition coefficient (Wildman–Crippen LogP) is 5.02. The number of Topliss-reactive ketones (excluding diaryl/α,β-unsaturated/α-hetero) is 1. The van der Waals surface area contributed by atoms with E-state index in [4.69, 9.17) is 14.2 Å². The van der Waals surface area contributed by atoms with Gasteiger partial charge in [-0.05, 0) is 44.7 Å². The summed E-state index contributed by atoms with van der Waals surface area (Å²) in [7, 11) is 3.16. The van der Waals surface area contributed by atoms with Crippen LogP contribution in [-0.2, 0) is 14.3 Å². The van der Waals surface area contributed by atoms with E-state index >= 15 is 0 Å². The summed E-state index contributed by atoms with van der Waals surface area (Å²) in [4.78, 5) is 27.0. The van der Waals surface area contributed by atoms with Crippen molar-refractivity contribution in [1.29, 1.82) is 0 Å². The highest BCUT2D eigenvalue weighted by atomic mass is 16.5. The quantitative estimate of drug-likeness (QED) is 0.609. The lowest BCUT2D eigenvalue weighted by Crippen LogP contribution is -2.36. The van der Waals surface area contributed by atoms with Crippen LogP contribution in [0.1, 0.15) is 56.6 Å². The number of carbonyl (C=O) groups excluding carboxylic acids is 2. The number of dihydropyridines is 1. The monoisotopic (exact) mass is 461 g/mol. The van der Waals surface area contributed by atoms with Crippen LogP contribution in [-0.4, -0.2) is 32.1 Å². The molecule has 4 rings (SSSR count). The standard InChI is InChI=1S/C28H31NO5/c1-16(2)34-28(31)25-17(3)29-22-13-19(18-9-7-6-8-10-18)14-23(30)27(22)26(25)21-12-11-20(32-4)15-24(21)33-5/h6-12,15-16,19,26,29H,13-14H2,1-5H3/t19-,26+/m0/s1. The maximum absolute atomic E-state index is 13.7. The molecule has 2 aromatic carbocycles. The minimum absolute atomic E-state index is 0.0211. The van der Waals surface area contributed by atoms with Crippen LogP contribution in [0.5, 0.6) is 11.5 Å². The van der Waals surface area contributed by atoms with Gasteiger partial charge in [0.2, 0.25) is 0 Å². The van der Waals surface area contributed by atoms with Gasteiger partial charge in [0.05, 0.1) is 31.8 Å². The summed E-state index contributed by atoms with van der Waals surface area (Å²) < 4.78 is 16.6. The number of nitrogens with one attached hydrogen (secondary N) is 1. The smallest absolute Gasteiger partial charge is 0.337 e. The molecule has 0 amide bonds. The molecule has 0 fully saturated rings. The molecule has 1 aliphatic carbocycles. The van der Waals surface area contributed by atoms with Crippen molar-refractivity contribution in [2.45, 2.75) is 51.6 Å². The zero-order valence-electron chi connectivity index (χ0n) is 20.3. The number of methoxy groups -OCH3 is 2. The Balaban J connectivity index is 1.85. The minimum atomic E-state index is -0.590. The molecule has 0 unspecified atom stereocenters. The first-order valence-electron chi connectivity index (χ1n) is 11.6. The average molecular weight is 462 g/mol. The Bertz CT molecular complexity index is 1160. The summed E-state index contributed by atoms with van der Waals surface area (Å²) in [5, 5.41) is 3.38. The van der Waals surface area contributed by atoms with E-state index in [1.54, 1.807) is 20.3 Å². The number of hydrogen-bond acceptors (Lipinski definition) is 6. The molecule has 0 saturated heterocycles. The Kier molecular flexibility index (Phi) is 6.77. The van der Waals surface area contributed by atoms with Crippen LogP contribution in [0.2, 0.25) is 0 Å². The zero-order chi connectivity index (χ0) is 24.4. The van der Waals surface area contributed by atoms with Crippen LogP contribution < -0.4 is 14.8 Å². The molecule has 2 aromatic rings. The molecule has 34 heavy (non-hydrogen) atoms. The second-order valence-corrected chi connectivity index (χ2v) is 8.99. The molecule has 6 heteroatoms. The molecule has 178 valence electrons. The molecule has 2 aliphatic rings. The molecule has 0 saturated carbocycles. The van der Waals surface area contributed by atoms with Gasteiger partial charge in [0.1, 0.15) is 11.5 Å². The highest BCUT2D eigenvalue weighted by molar-refractivity contribution is 6.04. The van der Waals surface area contributed by atoms with Crippen molar-refractivity contribution in [2.24, 2.45) is 0 Å². The van der Waals surface area contributed by atoms with Crippen LogP contribution in [0, 0.1) is 0 Å². The van der Waals surface area contributed by atoms with Crippen molar-refractivity contribution in [3.63, 3.8) is 0 Å². The third-order valence-electron chi connectivity index (χ3n) is 6.41. The van der Waals surface area contributed by atoms with E-state index in [1.807, 2.05) is 51.1 Å². The van der Waals surface area contributed by atoms with Gasteiger partial charge in [-0.15, -0.1) is 0 Å². The van der Waals surface area contributed by atoms with Crippen molar-refractivity contribution in [1.82, 2.24) is 5.32 Å². The van der Waals surface area contributed by atoms with Crippen molar-refractivity contribution in [3.05, 3.63) is 82.2 Å². The summed E-state index contributed by atoms with van der Waals surface area (Å²) >= 11 is 0. The normalized spacial score (nSPS) is 20.1. The molecular weight excluding hydrogens is 430 g/mol. The topological polar surface area (TPSA) is 73.9 Å². The Morgan fingerprint density at radius 3 is 2.41 bits per heavy atom. The summed E-state index contributed by atoms with van der Waals surface area (Å²) in [5.74, 6) is 0.261. The van der Waals surface area contributed by atoms with Gasteiger partial charge in [0, 0.05) is 35.0 Å². The largest absolute Gasteiger partial charge is 0.497 e. The summed E-state index contributed by atoms with van der Waals surface area (Å²) in [5.41, 5.74) is 4.45. The zero-order valence-corrected chi connectivity index (χ0v) is 20.3. The second kappa shape index (κ2) is 9.75. The van der Waals surface area contributed by atoms with Crippen LogP contribution in [0.4, 0.5) is 0 Å². The van der Waals surface area contributed by atoms with Gasteiger partial charge in [-0.3, -0.25) is 4.79 Å². The number of rotatable bonds is 6. The molecule has 1 N–H and O–H groups in total. The SMILES string of the molecule is COc1ccc([C@@H]2C(C(=O)OC(C)C)=C(C)NC3=C2C(=O)C[C@@H](c2ccccc2)C3)c(OC)c1. The Hall–Kier alpha value is -3.54. The van der Waals surface area contributed by atoms with Crippen molar-refractivity contribution in [3.8, 4) is 11.5 Å². The molecule has 0 radical (unpaired) electrons. The lowest BCUT2D eigenvalue weighted by molar-refractivity contribution is -0.143. The van der Waals surface area contributed by atoms with Crippen molar-refractivity contribution >= 4 is 11.8 Å². The van der Waals surface area contributed by atoms with E-state index < -0.39 is 11.9 Å². The van der Waals surface area contributed by atoms with Gasteiger partial charge in [0.25, 0.3) is 0 Å². The first-order chi connectivity index (χ1) is 16.3. The van der Waals surface area contributed by atoms with E-state index in [0.717, 1.165) is 16.8 Å². The molecule has 0 aromatic heterocycles. The molecule has 0 spiro atoms. The van der Waals surface area contributed by atoms with Gasteiger partial charge in [-0.1, -0.05) is 36.4 Å². The van der Waals surface area contributed by atoms with E-state index in [9.17, 15) is 9.59 Å². The summed E-state index contributed by atoms with van der Waals surface area (Å²) in [6, 6.07) is 15.5. The number of hydrogen-bond donors (Lipinski definition) is 1. The summed E-state index contributed by atoms with van der Waals surface area (Å²) in [6.45, 7) is 5.49. The van der Waals surface area contributed by atoms with Crippen LogP contribution >= 0.6 is 0 Å². The van der Waals surface area contributed by atoms with Crippen LogP contribution in [0.3, 0.4) is 0 Å². The third kappa shape index (κ3) is 4.45. The first-order valence-corrected chi connectivity index (χ1v) is 11.6. The maximum Gasteiger partial charge on any atom is 0.337 e. The highest BCUT2D eigenvalue weighted by Gasteiger charge is 2.42. The predicted molar refractivity (Wildman–Crippen MR) is 130 cm³/mol. The van der Waals surface area contributed by atoms with E-state index in [0.29, 0.717) is 41.2 Å². The van der Waals surface area contributed by atoms with Crippen LogP contribution in [0.25, 0.3) is 0 Å². The number of allylic oxidation sites excluding steroid dienone is 3. The van der Waals surface area contributed by atoms with Gasteiger partial charge < -0.3 is 19.5 Å². The molecule has 6 nitrogen and oxygen atoms in total. The molecule has 2 atom stereocenters. The lowest BCUT2D eigenvalue weighted by Gasteiger charge is -2.37. The fraction of sp³-hybridized carbons (Fsp3) is 0.357.